The van der Waals surface area contributed by atoms with Crippen LogP contribution in [0.25, 0.3) is 17.0 Å². The van der Waals surface area contributed by atoms with E-state index in [1.807, 2.05) is 0 Å². The minimum Gasteiger partial charge on any atom is -0.497 e. The Kier molecular flexibility index (Phi) is 4.91. The van der Waals surface area contributed by atoms with Gasteiger partial charge in [0.2, 0.25) is 0 Å². The third-order valence-electron chi connectivity index (χ3n) is 4.03. The van der Waals surface area contributed by atoms with Gasteiger partial charge in [-0.15, -0.1) is 0 Å². The number of aromatic nitrogens is 1. The van der Waals surface area contributed by atoms with E-state index in [4.69, 9.17) is 14.6 Å². The van der Waals surface area contributed by atoms with Crippen LogP contribution in [0.1, 0.15) is 5.56 Å². The van der Waals surface area contributed by atoms with Gasteiger partial charge in [0.15, 0.2) is 0 Å². The molecule has 0 bridgehead atoms. The van der Waals surface area contributed by atoms with Crippen molar-refractivity contribution in [1.29, 1.82) is 0 Å². The molecule has 0 fully saturated rings. The molecule has 8 heteroatoms. The number of carboxylic acid groups (broad SMARTS) is 1. The van der Waals surface area contributed by atoms with Gasteiger partial charge in [0, 0.05) is 23.2 Å². The summed E-state index contributed by atoms with van der Waals surface area (Å²) in [5.41, 5.74) is 0.861. The minimum atomic E-state index is -3.89. The highest BCUT2D eigenvalue weighted by Gasteiger charge is 2.21. The zero-order valence-corrected chi connectivity index (χ0v) is 15.4. The van der Waals surface area contributed by atoms with Crippen molar-refractivity contribution in [3.8, 4) is 11.5 Å². The fourth-order valence-electron chi connectivity index (χ4n) is 2.68. The SMILES string of the molecule is COc1ccc(S(=O)(=O)n2cc(C=CC(=O)O)c3cc(OC)ccc32)cc1. The van der Waals surface area contributed by atoms with Crippen molar-refractivity contribution in [2.24, 2.45) is 0 Å². The molecule has 0 unspecified atom stereocenters. The van der Waals surface area contributed by atoms with Crippen molar-refractivity contribution in [3.63, 3.8) is 0 Å². The van der Waals surface area contributed by atoms with Gasteiger partial charge in [-0.25, -0.2) is 17.2 Å². The van der Waals surface area contributed by atoms with Crippen molar-refractivity contribution in [2.75, 3.05) is 14.2 Å². The van der Waals surface area contributed by atoms with Gasteiger partial charge >= 0.3 is 5.97 Å². The van der Waals surface area contributed by atoms with Gasteiger partial charge in [0.1, 0.15) is 11.5 Å². The Hall–Kier alpha value is -3.26. The summed E-state index contributed by atoms with van der Waals surface area (Å²) in [6.45, 7) is 0. The molecule has 1 aromatic heterocycles. The van der Waals surface area contributed by atoms with Crippen LogP contribution < -0.4 is 9.47 Å². The molecule has 0 saturated carbocycles. The fourth-order valence-corrected chi connectivity index (χ4v) is 4.06. The van der Waals surface area contributed by atoms with Crippen molar-refractivity contribution in [1.82, 2.24) is 3.97 Å². The van der Waals surface area contributed by atoms with E-state index in [0.717, 1.165) is 10.0 Å². The zero-order chi connectivity index (χ0) is 19.6. The van der Waals surface area contributed by atoms with Crippen molar-refractivity contribution in [2.45, 2.75) is 4.90 Å². The number of carbonyl (C=O) groups is 1. The van der Waals surface area contributed by atoms with Gasteiger partial charge in [-0.3, -0.25) is 0 Å². The van der Waals surface area contributed by atoms with Crippen molar-refractivity contribution < 1.29 is 27.8 Å². The minimum absolute atomic E-state index is 0.0878. The second-order valence-corrected chi connectivity index (χ2v) is 7.43. The number of hydrogen-bond acceptors (Lipinski definition) is 5. The van der Waals surface area contributed by atoms with Crippen LogP contribution in [0.2, 0.25) is 0 Å². The number of nitrogens with zero attached hydrogens (tertiary/aromatic N) is 1. The molecule has 1 heterocycles. The Labute approximate surface area is 156 Å². The molecule has 3 rings (SSSR count). The lowest BCUT2D eigenvalue weighted by Gasteiger charge is -2.08. The number of methoxy groups -OCH3 is 2. The normalized spacial score (nSPS) is 11.8. The summed E-state index contributed by atoms with van der Waals surface area (Å²) in [4.78, 5) is 11.0. The van der Waals surface area contributed by atoms with Crippen LogP contribution in [0.15, 0.2) is 59.6 Å². The van der Waals surface area contributed by atoms with Crippen LogP contribution >= 0.6 is 0 Å². The van der Waals surface area contributed by atoms with Crippen LogP contribution in [0.3, 0.4) is 0 Å². The zero-order valence-electron chi connectivity index (χ0n) is 14.6. The number of rotatable bonds is 6. The van der Waals surface area contributed by atoms with E-state index in [-0.39, 0.29) is 4.90 Å². The summed E-state index contributed by atoms with van der Waals surface area (Å²) in [5, 5.41) is 9.45. The van der Waals surface area contributed by atoms with Crippen LogP contribution in [0.4, 0.5) is 0 Å². The quantitative estimate of drug-likeness (QED) is 0.654. The Bertz CT molecular complexity index is 1130. The third-order valence-corrected chi connectivity index (χ3v) is 5.72. The second-order valence-electron chi connectivity index (χ2n) is 5.62. The first-order valence-electron chi connectivity index (χ1n) is 7.86. The molecule has 0 aliphatic heterocycles. The van der Waals surface area contributed by atoms with Crippen LogP contribution in [-0.2, 0) is 14.8 Å². The molecule has 2 aromatic carbocycles. The molecule has 3 aromatic rings. The Morgan fingerprint density at radius 1 is 1.04 bits per heavy atom. The maximum absolute atomic E-state index is 13.1. The number of carboxylic acids is 1. The molecule has 140 valence electrons. The monoisotopic (exact) mass is 387 g/mol. The first kappa shape index (κ1) is 18.5. The summed E-state index contributed by atoms with van der Waals surface area (Å²) in [6, 6.07) is 11.0. The molecule has 0 radical (unpaired) electrons. The summed E-state index contributed by atoms with van der Waals surface area (Å²) in [7, 11) is -0.892. The van der Waals surface area contributed by atoms with E-state index in [1.54, 1.807) is 30.3 Å². The van der Waals surface area contributed by atoms with Crippen molar-refractivity contribution in [3.05, 3.63) is 60.3 Å². The van der Waals surface area contributed by atoms with Gasteiger partial charge < -0.3 is 14.6 Å². The summed E-state index contributed by atoms with van der Waals surface area (Å²) in [6.07, 6.45) is 3.70. The molecule has 0 aliphatic carbocycles. The van der Waals surface area contributed by atoms with E-state index in [0.29, 0.717) is 28.0 Å². The van der Waals surface area contributed by atoms with E-state index in [2.05, 4.69) is 0 Å². The molecule has 0 atom stereocenters. The Balaban J connectivity index is 2.22. The Morgan fingerprint density at radius 2 is 1.67 bits per heavy atom. The predicted octanol–water partition coefficient (Wildman–Crippen LogP) is 2.99. The molecule has 0 spiro atoms. The average molecular weight is 387 g/mol. The van der Waals surface area contributed by atoms with E-state index < -0.39 is 16.0 Å². The van der Waals surface area contributed by atoms with E-state index >= 15 is 0 Å². The molecular weight excluding hydrogens is 370 g/mol. The maximum atomic E-state index is 13.1. The smallest absolute Gasteiger partial charge is 0.328 e. The lowest BCUT2D eigenvalue weighted by molar-refractivity contribution is -0.131. The molecule has 27 heavy (non-hydrogen) atoms. The average Bonchev–Trinajstić information content (AvgIpc) is 3.05. The van der Waals surface area contributed by atoms with Gasteiger partial charge in [-0.1, -0.05) is 0 Å². The lowest BCUT2D eigenvalue weighted by atomic mass is 10.1. The first-order valence-corrected chi connectivity index (χ1v) is 9.30. The van der Waals surface area contributed by atoms with E-state index in [1.165, 1.54) is 38.6 Å². The number of aliphatic carboxylic acids is 1. The van der Waals surface area contributed by atoms with Gasteiger partial charge in [0.25, 0.3) is 10.0 Å². The number of fused-ring (bicyclic) bond motifs is 1. The topological polar surface area (TPSA) is 94.8 Å². The highest BCUT2D eigenvalue weighted by atomic mass is 32.2. The van der Waals surface area contributed by atoms with Gasteiger partial charge in [-0.05, 0) is 48.5 Å². The molecule has 7 nitrogen and oxygen atoms in total. The van der Waals surface area contributed by atoms with Gasteiger partial charge in [-0.2, -0.15) is 0 Å². The highest BCUT2D eigenvalue weighted by molar-refractivity contribution is 7.90. The third kappa shape index (κ3) is 3.52. The molecular formula is C19H17NO6S. The number of ether oxygens (including phenoxy) is 2. The summed E-state index contributed by atoms with van der Waals surface area (Å²) >= 11 is 0. The van der Waals surface area contributed by atoms with Gasteiger partial charge in [0.05, 0.1) is 24.6 Å². The first-order chi connectivity index (χ1) is 12.9. The number of hydrogen-bond donors (Lipinski definition) is 1. The van der Waals surface area contributed by atoms with E-state index in [9.17, 15) is 13.2 Å². The Morgan fingerprint density at radius 3 is 2.26 bits per heavy atom. The summed E-state index contributed by atoms with van der Waals surface area (Å²) in [5.74, 6) is -0.0509. The fraction of sp³-hybridized carbons (Fsp3) is 0.105. The largest absolute Gasteiger partial charge is 0.497 e. The highest BCUT2D eigenvalue weighted by Crippen LogP contribution is 2.30. The maximum Gasteiger partial charge on any atom is 0.328 e. The van der Waals surface area contributed by atoms with Crippen LogP contribution in [0, 0.1) is 0 Å². The predicted molar refractivity (Wildman–Crippen MR) is 101 cm³/mol. The number of benzene rings is 2. The second kappa shape index (κ2) is 7.16. The molecule has 0 saturated heterocycles. The van der Waals surface area contributed by atoms with Crippen LogP contribution in [0.5, 0.6) is 11.5 Å². The standard InChI is InChI=1S/C19H17NO6S/c1-25-14-4-7-16(8-5-14)27(23,24)20-12-13(3-10-19(21)22)17-11-15(26-2)6-9-18(17)20/h3-12H,1-2H3,(H,21,22). The lowest BCUT2D eigenvalue weighted by Crippen LogP contribution is -2.11. The molecule has 0 aliphatic rings. The molecule has 1 N–H and O–H groups in total. The van der Waals surface area contributed by atoms with Crippen LogP contribution in [-0.4, -0.2) is 37.7 Å². The molecule has 0 amide bonds. The van der Waals surface area contributed by atoms with Crippen molar-refractivity contribution >= 4 is 33.0 Å². The summed E-state index contributed by atoms with van der Waals surface area (Å²) < 4.78 is 37.6.